The third-order valence-corrected chi connectivity index (χ3v) is 4.07. The number of amides is 1. The summed E-state index contributed by atoms with van der Waals surface area (Å²) in [4.78, 5) is 11.1. The van der Waals surface area contributed by atoms with Gasteiger partial charge in [0, 0.05) is 12.6 Å². The molecule has 0 bridgehead atoms. The van der Waals surface area contributed by atoms with Gasteiger partial charge in [0.05, 0.1) is 6.61 Å². The smallest absolute Gasteiger partial charge is 0.221 e. The molecular weight excluding hydrogens is 348 g/mol. The first-order valence-electron chi connectivity index (χ1n) is 10.3. The molecule has 1 amide bonds. The number of aryl methyl sites for hydroxylation is 1. The predicted molar refractivity (Wildman–Crippen MR) is 119 cm³/mol. The van der Waals surface area contributed by atoms with E-state index < -0.39 is 0 Å². The van der Waals surface area contributed by atoms with E-state index in [9.17, 15) is 4.79 Å². The largest absolute Gasteiger partial charge is 0.369 e. The summed E-state index contributed by atoms with van der Waals surface area (Å²) in [5.74, 6) is 0.666. The van der Waals surface area contributed by atoms with Gasteiger partial charge < -0.3 is 15.8 Å². The molecule has 0 spiro atoms. The molecular formula is C24H36N2O2. The van der Waals surface area contributed by atoms with Gasteiger partial charge in [0.2, 0.25) is 5.91 Å². The fourth-order valence-electron chi connectivity index (χ4n) is 2.68. The lowest BCUT2D eigenvalue weighted by Gasteiger charge is -2.20. The van der Waals surface area contributed by atoms with Crippen LogP contribution in [0, 0.1) is 12.8 Å². The maximum Gasteiger partial charge on any atom is 0.221 e. The molecule has 0 heterocycles. The number of carbonyl (C=O) groups is 1. The first-order valence-corrected chi connectivity index (χ1v) is 10.3. The van der Waals surface area contributed by atoms with E-state index in [-0.39, 0.29) is 12.0 Å². The molecule has 0 saturated heterocycles. The Bertz CT molecular complexity index is 694. The summed E-state index contributed by atoms with van der Waals surface area (Å²) in [6.45, 7) is 11.1. The van der Waals surface area contributed by atoms with Crippen LogP contribution in [0.3, 0.4) is 0 Å². The normalized spacial score (nSPS) is 13.4. The third-order valence-electron chi connectivity index (χ3n) is 4.07. The molecule has 28 heavy (non-hydrogen) atoms. The maximum absolute atomic E-state index is 11.1. The molecule has 2 aromatic rings. The van der Waals surface area contributed by atoms with Gasteiger partial charge in [-0.05, 0) is 55.5 Å². The Morgan fingerprint density at radius 3 is 2.25 bits per heavy atom. The molecule has 3 N–H and O–H groups in total. The molecule has 0 aliphatic heterocycles. The molecule has 3 rings (SSSR count). The lowest BCUT2D eigenvalue weighted by Crippen LogP contribution is -2.10. The molecule has 0 radical (unpaired) electrons. The van der Waals surface area contributed by atoms with Crippen LogP contribution in [0.2, 0.25) is 0 Å². The summed E-state index contributed by atoms with van der Waals surface area (Å²) in [5, 5.41) is 2.80. The molecule has 1 fully saturated rings. The van der Waals surface area contributed by atoms with Crippen molar-refractivity contribution in [3.05, 3.63) is 65.2 Å². The summed E-state index contributed by atoms with van der Waals surface area (Å²) >= 11 is 0. The van der Waals surface area contributed by atoms with Crippen molar-refractivity contribution in [1.82, 2.24) is 0 Å². The van der Waals surface area contributed by atoms with Crippen LogP contribution in [-0.4, -0.2) is 19.1 Å². The van der Waals surface area contributed by atoms with Gasteiger partial charge in [-0.25, -0.2) is 0 Å². The highest BCUT2D eigenvalue weighted by atomic mass is 16.5. The highest BCUT2D eigenvalue weighted by Crippen LogP contribution is 2.34. The van der Waals surface area contributed by atoms with E-state index in [1.807, 2.05) is 45.0 Å². The number of carbonyl (C=O) groups excluding carboxylic acids is 1. The Balaban J connectivity index is 0.000000717. The Labute approximate surface area is 170 Å². The van der Waals surface area contributed by atoms with Crippen molar-refractivity contribution in [2.24, 2.45) is 11.7 Å². The fraction of sp³-hybridized carbons (Fsp3) is 0.458. The molecule has 4 heteroatoms. The van der Waals surface area contributed by atoms with Gasteiger partial charge in [-0.1, -0.05) is 62.7 Å². The van der Waals surface area contributed by atoms with Crippen LogP contribution in [0.15, 0.2) is 48.5 Å². The zero-order valence-electron chi connectivity index (χ0n) is 18.0. The maximum atomic E-state index is 11.1. The topological polar surface area (TPSA) is 64.3 Å². The summed E-state index contributed by atoms with van der Waals surface area (Å²) in [6, 6.07) is 16.4. The second-order valence-corrected chi connectivity index (χ2v) is 6.78. The van der Waals surface area contributed by atoms with Crippen LogP contribution in [-0.2, 0) is 9.53 Å². The number of anilines is 1. The second kappa shape index (κ2) is 13.1. The highest BCUT2D eigenvalue weighted by Gasteiger charge is 2.24. The molecule has 1 aliphatic carbocycles. The van der Waals surface area contributed by atoms with Gasteiger partial charge in [-0.15, -0.1) is 0 Å². The van der Waals surface area contributed by atoms with Crippen LogP contribution in [0.1, 0.15) is 63.3 Å². The number of benzene rings is 2. The molecule has 1 atom stereocenters. The molecule has 1 aliphatic rings. The number of rotatable bonds is 6. The molecule has 1 unspecified atom stereocenters. The first kappa shape index (κ1) is 23.9. The zero-order valence-corrected chi connectivity index (χ0v) is 18.0. The van der Waals surface area contributed by atoms with Crippen LogP contribution in [0.25, 0.3) is 0 Å². The van der Waals surface area contributed by atoms with Crippen molar-refractivity contribution >= 4 is 11.6 Å². The van der Waals surface area contributed by atoms with Crippen LogP contribution < -0.4 is 11.1 Å². The highest BCUT2D eigenvalue weighted by molar-refractivity contribution is 5.88. The van der Waals surface area contributed by atoms with E-state index in [0.717, 1.165) is 30.3 Å². The SMILES string of the molecule is CC.CC(=O)Nc1ccc(C(OCC2CC2)c2cccc(C)c2)cc1.CCN. The number of hydrogen-bond acceptors (Lipinski definition) is 3. The minimum atomic E-state index is -0.0574. The van der Waals surface area contributed by atoms with Crippen molar-refractivity contribution in [3.63, 3.8) is 0 Å². The van der Waals surface area contributed by atoms with Gasteiger partial charge in [0.1, 0.15) is 6.10 Å². The second-order valence-electron chi connectivity index (χ2n) is 6.78. The van der Waals surface area contributed by atoms with Gasteiger partial charge in [0.15, 0.2) is 0 Å². The summed E-state index contributed by atoms with van der Waals surface area (Å²) in [5.41, 5.74) is 9.19. The van der Waals surface area contributed by atoms with Gasteiger partial charge in [0.25, 0.3) is 0 Å². The van der Waals surface area contributed by atoms with Gasteiger partial charge in [-0.2, -0.15) is 0 Å². The van der Waals surface area contributed by atoms with E-state index in [4.69, 9.17) is 10.5 Å². The quantitative estimate of drug-likeness (QED) is 0.695. The van der Waals surface area contributed by atoms with E-state index >= 15 is 0 Å². The third kappa shape index (κ3) is 8.68. The number of nitrogens with one attached hydrogen (secondary N) is 1. The van der Waals surface area contributed by atoms with Crippen LogP contribution >= 0.6 is 0 Å². The Kier molecular flexibility index (Phi) is 11.2. The minimum Gasteiger partial charge on any atom is -0.369 e. The Morgan fingerprint density at radius 2 is 1.75 bits per heavy atom. The summed E-state index contributed by atoms with van der Waals surface area (Å²) in [7, 11) is 0. The standard InChI is InChI=1S/C20H23NO2.C2H7N.C2H6/c1-14-4-3-5-18(12-14)20(23-13-16-6-7-16)17-8-10-19(11-9-17)21-15(2)22;1-2-3;1-2/h3-5,8-12,16,20H,6-7,13H2,1-2H3,(H,21,22);2-3H2,1H3;1-2H3. The van der Waals surface area contributed by atoms with E-state index in [0.29, 0.717) is 0 Å². The summed E-state index contributed by atoms with van der Waals surface area (Å²) in [6.07, 6.45) is 2.51. The minimum absolute atomic E-state index is 0.0538. The van der Waals surface area contributed by atoms with Crippen LogP contribution in [0.4, 0.5) is 5.69 Å². The molecule has 4 nitrogen and oxygen atoms in total. The average Bonchev–Trinajstić information content (AvgIpc) is 3.50. The van der Waals surface area contributed by atoms with E-state index in [1.165, 1.54) is 30.9 Å². The zero-order chi connectivity index (χ0) is 20.9. The van der Waals surface area contributed by atoms with Gasteiger partial charge >= 0.3 is 0 Å². The van der Waals surface area contributed by atoms with Crippen molar-refractivity contribution in [1.29, 1.82) is 0 Å². The number of nitrogens with two attached hydrogens (primary N) is 1. The Morgan fingerprint density at radius 1 is 1.14 bits per heavy atom. The van der Waals surface area contributed by atoms with Crippen molar-refractivity contribution in [3.8, 4) is 0 Å². The lowest BCUT2D eigenvalue weighted by atomic mass is 9.99. The fourth-order valence-corrected chi connectivity index (χ4v) is 2.68. The summed E-state index contributed by atoms with van der Waals surface area (Å²) < 4.78 is 6.23. The van der Waals surface area contributed by atoms with Gasteiger partial charge in [-0.3, -0.25) is 4.79 Å². The molecule has 1 saturated carbocycles. The molecule has 2 aromatic carbocycles. The van der Waals surface area contributed by atoms with Crippen molar-refractivity contribution in [2.75, 3.05) is 18.5 Å². The van der Waals surface area contributed by atoms with E-state index in [2.05, 4.69) is 36.5 Å². The number of ether oxygens (including phenoxy) is 1. The monoisotopic (exact) mass is 384 g/mol. The number of hydrogen-bond donors (Lipinski definition) is 2. The molecule has 0 aromatic heterocycles. The van der Waals surface area contributed by atoms with Crippen molar-refractivity contribution in [2.45, 2.75) is 53.6 Å². The van der Waals surface area contributed by atoms with Crippen molar-refractivity contribution < 1.29 is 9.53 Å². The van der Waals surface area contributed by atoms with Crippen LogP contribution in [0.5, 0.6) is 0 Å². The lowest BCUT2D eigenvalue weighted by molar-refractivity contribution is -0.114. The Hall–Kier alpha value is -2.17. The average molecular weight is 385 g/mol. The predicted octanol–water partition coefficient (Wildman–Crippen LogP) is 5.46. The first-order chi connectivity index (χ1) is 13.5. The molecule has 154 valence electrons. The van der Waals surface area contributed by atoms with E-state index in [1.54, 1.807) is 0 Å².